The van der Waals surface area contributed by atoms with E-state index < -0.39 is 0 Å². The van der Waals surface area contributed by atoms with Gasteiger partial charge in [-0.05, 0) is 31.4 Å². The van der Waals surface area contributed by atoms with Gasteiger partial charge in [-0.3, -0.25) is 4.79 Å². The number of unbranched alkanes of at least 4 members (excludes halogenated alkanes) is 1. The topological polar surface area (TPSA) is 29.1 Å². The van der Waals surface area contributed by atoms with E-state index in [2.05, 4.69) is 28.2 Å². The van der Waals surface area contributed by atoms with Crippen LogP contribution in [0.25, 0.3) is 0 Å². The Balaban J connectivity index is 2.21. The third-order valence-corrected chi connectivity index (χ3v) is 4.85. The predicted molar refractivity (Wildman–Crippen MR) is 75.3 cm³/mol. The van der Waals surface area contributed by atoms with E-state index in [1.165, 1.54) is 19.3 Å². The van der Waals surface area contributed by atoms with Crippen LogP contribution < -0.4 is 5.32 Å². The van der Waals surface area contributed by atoms with Gasteiger partial charge in [0.05, 0.1) is 0 Å². The molecule has 94 valence electrons. The van der Waals surface area contributed by atoms with E-state index in [9.17, 15) is 4.79 Å². The molecule has 0 bridgehead atoms. The van der Waals surface area contributed by atoms with Gasteiger partial charge in [-0.1, -0.05) is 29.3 Å². The van der Waals surface area contributed by atoms with E-state index in [0.29, 0.717) is 17.7 Å². The van der Waals surface area contributed by atoms with Crippen LogP contribution in [0.5, 0.6) is 0 Å². The van der Waals surface area contributed by atoms with Crippen molar-refractivity contribution in [1.29, 1.82) is 0 Å². The lowest BCUT2D eigenvalue weighted by Gasteiger charge is -2.20. The summed E-state index contributed by atoms with van der Waals surface area (Å²) in [5, 5.41) is 4.85. The highest BCUT2D eigenvalue weighted by atomic mass is 79.9. The molecule has 0 aromatic carbocycles. The van der Waals surface area contributed by atoms with Crippen LogP contribution in [0.3, 0.4) is 0 Å². The summed E-state index contributed by atoms with van der Waals surface area (Å²) < 4.78 is 0. The zero-order valence-corrected chi connectivity index (χ0v) is 12.4. The van der Waals surface area contributed by atoms with E-state index in [4.69, 9.17) is 0 Å². The molecule has 2 atom stereocenters. The molecular weight excluding hydrogens is 286 g/mol. The number of nitrogens with one attached hydrogen (secondary N) is 1. The summed E-state index contributed by atoms with van der Waals surface area (Å²) in [5.41, 5.74) is 0. The van der Waals surface area contributed by atoms with Gasteiger partial charge in [-0.25, -0.2) is 0 Å². The number of carbonyl (C=O) groups excluding carboxylic acids is 1. The molecule has 0 aliphatic heterocycles. The van der Waals surface area contributed by atoms with Crippen LogP contribution in [-0.2, 0) is 4.79 Å². The molecule has 0 saturated heterocycles. The SMILES string of the molecule is CCSC1CCCC1NC(=O)CCCCBr. The lowest BCUT2D eigenvalue weighted by molar-refractivity contribution is -0.121. The van der Waals surface area contributed by atoms with Crippen LogP contribution in [0.2, 0.25) is 0 Å². The minimum Gasteiger partial charge on any atom is -0.352 e. The fourth-order valence-corrected chi connectivity index (χ4v) is 3.76. The molecule has 1 aliphatic carbocycles. The number of halogens is 1. The van der Waals surface area contributed by atoms with Gasteiger partial charge in [0, 0.05) is 23.0 Å². The van der Waals surface area contributed by atoms with Crippen molar-refractivity contribution in [2.75, 3.05) is 11.1 Å². The largest absolute Gasteiger partial charge is 0.352 e. The molecule has 1 saturated carbocycles. The molecule has 1 rings (SSSR count). The van der Waals surface area contributed by atoms with Crippen LogP contribution in [-0.4, -0.2) is 28.3 Å². The number of alkyl halides is 1. The van der Waals surface area contributed by atoms with Gasteiger partial charge >= 0.3 is 0 Å². The van der Waals surface area contributed by atoms with Gasteiger partial charge in [-0.15, -0.1) is 0 Å². The van der Waals surface area contributed by atoms with Crippen LogP contribution in [0.15, 0.2) is 0 Å². The first kappa shape index (κ1) is 14.4. The average molecular weight is 308 g/mol. The zero-order chi connectivity index (χ0) is 11.8. The summed E-state index contributed by atoms with van der Waals surface area (Å²) in [5.74, 6) is 1.40. The Labute approximate surface area is 111 Å². The number of hydrogen-bond donors (Lipinski definition) is 1. The molecule has 0 heterocycles. The number of rotatable bonds is 7. The van der Waals surface area contributed by atoms with E-state index in [-0.39, 0.29) is 5.91 Å². The molecule has 1 amide bonds. The Hall–Kier alpha value is 0.300. The fraction of sp³-hybridized carbons (Fsp3) is 0.917. The smallest absolute Gasteiger partial charge is 0.220 e. The maximum absolute atomic E-state index is 11.7. The summed E-state index contributed by atoms with van der Waals surface area (Å²) in [7, 11) is 0. The van der Waals surface area contributed by atoms with Crippen molar-refractivity contribution in [3.8, 4) is 0 Å². The van der Waals surface area contributed by atoms with Crippen LogP contribution in [0.4, 0.5) is 0 Å². The van der Waals surface area contributed by atoms with Gasteiger partial charge < -0.3 is 5.32 Å². The maximum atomic E-state index is 11.7. The Morgan fingerprint density at radius 3 is 2.94 bits per heavy atom. The van der Waals surface area contributed by atoms with Gasteiger partial charge in [0.25, 0.3) is 0 Å². The Kier molecular flexibility index (Phi) is 7.54. The van der Waals surface area contributed by atoms with Crippen molar-refractivity contribution in [1.82, 2.24) is 5.32 Å². The lowest BCUT2D eigenvalue weighted by Crippen LogP contribution is -2.38. The van der Waals surface area contributed by atoms with E-state index in [1.54, 1.807) is 0 Å². The molecule has 1 aliphatic rings. The van der Waals surface area contributed by atoms with Crippen molar-refractivity contribution in [2.45, 2.75) is 56.7 Å². The van der Waals surface area contributed by atoms with Crippen LogP contribution >= 0.6 is 27.7 Å². The lowest BCUT2D eigenvalue weighted by atomic mass is 10.2. The Morgan fingerprint density at radius 2 is 2.25 bits per heavy atom. The number of carbonyl (C=O) groups is 1. The van der Waals surface area contributed by atoms with Crippen molar-refractivity contribution < 1.29 is 4.79 Å². The van der Waals surface area contributed by atoms with Crippen LogP contribution in [0.1, 0.15) is 45.4 Å². The Bertz CT molecular complexity index is 213. The molecule has 0 aromatic rings. The van der Waals surface area contributed by atoms with Crippen molar-refractivity contribution in [3.05, 3.63) is 0 Å². The molecule has 16 heavy (non-hydrogen) atoms. The van der Waals surface area contributed by atoms with Gasteiger partial charge in [0.1, 0.15) is 0 Å². The number of hydrogen-bond acceptors (Lipinski definition) is 2. The molecule has 2 nitrogen and oxygen atoms in total. The maximum Gasteiger partial charge on any atom is 0.220 e. The molecule has 2 unspecified atom stereocenters. The van der Waals surface area contributed by atoms with Gasteiger partial charge in [-0.2, -0.15) is 11.8 Å². The summed E-state index contributed by atoms with van der Waals surface area (Å²) in [6.45, 7) is 2.19. The van der Waals surface area contributed by atoms with Gasteiger partial charge in [0.15, 0.2) is 0 Å². The average Bonchev–Trinajstić information content (AvgIpc) is 2.67. The molecule has 1 N–H and O–H groups in total. The first-order valence-corrected chi connectivity index (χ1v) is 8.42. The molecular formula is C12H22BrNOS. The molecule has 1 fully saturated rings. The van der Waals surface area contributed by atoms with Crippen molar-refractivity contribution >= 4 is 33.6 Å². The number of thioether (sulfide) groups is 1. The summed E-state index contributed by atoms with van der Waals surface area (Å²) in [6.07, 6.45) is 6.48. The third-order valence-electron chi connectivity index (χ3n) is 2.97. The fourth-order valence-electron chi connectivity index (χ4n) is 2.16. The Morgan fingerprint density at radius 1 is 1.44 bits per heavy atom. The molecule has 0 radical (unpaired) electrons. The van der Waals surface area contributed by atoms with Crippen molar-refractivity contribution in [2.24, 2.45) is 0 Å². The van der Waals surface area contributed by atoms with E-state index in [0.717, 1.165) is 23.9 Å². The van der Waals surface area contributed by atoms with Gasteiger partial charge in [0.2, 0.25) is 5.91 Å². The highest BCUT2D eigenvalue weighted by molar-refractivity contribution is 9.09. The minimum atomic E-state index is 0.245. The predicted octanol–water partition coefficient (Wildman–Crippen LogP) is 3.34. The van der Waals surface area contributed by atoms with Crippen LogP contribution in [0, 0.1) is 0 Å². The normalized spacial score (nSPS) is 24.6. The summed E-state index contributed by atoms with van der Waals surface area (Å²) >= 11 is 5.38. The minimum absolute atomic E-state index is 0.245. The summed E-state index contributed by atoms with van der Waals surface area (Å²) in [6, 6.07) is 0.432. The zero-order valence-electron chi connectivity index (χ0n) is 10.0. The van der Waals surface area contributed by atoms with E-state index >= 15 is 0 Å². The van der Waals surface area contributed by atoms with Crippen molar-refractivity contribution in [3.63, 3.8) is 0 Å². The van der Waals surface area contributed by atoms with E-state index in [1.807, 2.05) is 11.8 Å². The standard InChI is InChI=1S/C12H22BrNOS/c1-2-16-11-7-5-6-10(11)14-12(15)8-3-4-9-13/h10-11H,2-9H2,1H3,(H,14,15). The molecule has 0 spiro atoms. The first-order chi connectivity index (χ1) is 7.77. The second-order valence-electron chi connectivity index (χ2n) is 4.24. The highest BCUT2D eigenvalue weighted by Gasteiger charge is 2.27. The second-order valence-corrected chi connectivity index (χ2v) is 6.55. The third kappa shape index (κ3) is 5.09. The quantitative estimate of drug-likeness (QED) is 0.577. The summed E-state index contributed by atoms with van der Waals surface area (Å²) in [4.78, 5) is 11.7. The number of amides is 1. The first-order valence-electron chi connectivity index (χ1n) is 6.24. The molecule has 4 heteroatoms. The monoisotopic (exact) mass is 307 g/mol. The highest BCUT2D eigenvalue weighted by Crippen LogP contribution is 2.29. The molecule has 0 aromatic heterocycles. The second kappa shape index (κ2) is 8.40.